The summed E-state index contributed by atoms with van der Waals surface area (Å²) >= 11 is 0. The molecule has 0 amide bonds. The predicted octanol–water partition coefficient (Wildman–Crippen LogP) is 3.27. The highest BCUT2D eigenvalue weighted by Gasteiger charge is 2.05. The third-order valence-electron chi connectivity index (χ3n) is 3.11. The molecule has 100 valence electrons. The average molecular weight is 255 g/mol. The van der Waals surface area contributed by atoms with Crippen molar-refractivity contribution in [1.29, 1.82) is 0 Å². The molecule has 19 heavy (non-hydrogen) atoms. The van der Waals surface area contributed by atoms with Gasteiger partial charge in [0.15, 0.2) is 0 Å². The second-order valence-electron chi connectivity index (χ2n) is 4.66. The van der Waals surface area contributed by atoms with Gasteiger partial charge in [-0.05, 0) is 37.7 Å². The van der Waals surface area contributed by atoms with E-state index in [1.54, 1.807) is 0 Å². The van der Waals surface area contributed by atoms with Gasteiger partial charge >= 0.3 is 0 Å². The van der Waals surface area contributed by atoms with Gasteiger partial charge in [0.1, 0.15) is 5.82 Å². The van der Waals surface area contributed by atoms with Crippen molar-refractivity contribution in [2.24, 2.45) is 0 Å². The largest absolute Gasteiger partial charge is 0.329 e. The van der Waals surface area contributed by atoms with Crippen LogP contribution in [0.4, 0.5) is 11.5 Å². The van der Waals surface area contributed by atoms with Gasteiger partial charge in [-0.3, -0.25) is 0 Å². The Balaban J connectivity index is 2.18. The quantitative estimate of drug-likeness (QED) is 0.888. The first-order valence-electron chi connectivity index (χ1n) is 6.67. The summed E-state index contributed by atoms with van der Waals surface area (Å²) in [6, 6.07) is 14.6. The van der Waals surface area contributed by atoms with Crippen LogP contribution >= 0.6 is 0 Å². The summed E-state index contributed by atoms with van der Waals surface area (Å²) in [4.78, 5) is 6.78. The van der Waals surface area contributed by atoms with E-state index in [2.05, 4.69) is 65.4 Å². The van der Waals surface area contributed by atoms with Gasteiger partial charge in [0.25, 0.3) is 0 Å². The zero-order chi connectivity index (χ0) is 13.7. The van der Waals surface area contributed by atoms with Gasteiger partial charge in [-0.2, -0.15) is 0 Å². The highest BCUT2D eigenvalue weighted by molar-refractivity contribution is 5.59. The number of aromatic nitrogens is 1. The molecule has 0 aliphatic carbocycles. The van der Waals surface area contributed by atoms with Crippen molar-refractivity contribution in [3.8, 4) is 0 Å². The second-order valence-corrected chi connectivity index (χ2v) is 4.66. The summed E-state index contributed by atoms with van der Waals surface area (Å²) in [6.07, 6.45) is 0. The fourth-order valence-electron chi connectivity index (χ4n) is 1.91. The Morgan fingerprint density at radius 1 is 1.11 bits per heavy atom. The fraction of sp³-hybridized carbons (Fsp3) is 0.312. The molecular weight excluding hydrogens is 234 g/mol. The van der Waals surface area contributed by atoms with Gasteiger partial charge in [-0.15, -0.1) is 0 Å². The second kappa shape index (κ2) is 6.34. The molecule has 2 rings (SSSR count). The minimum atomic E-state index is 0.812. The van der Waals surface area contributed by atoms with E-state index in [4.69, 9.17) is 0 Å². The third-order valence-corrected chi connectivity index (χ3v) is 3.11. The lowest BCUT2D eigenvalue weighted by atomic mass is 10.2. The maximum atomic E-state index is 4.67. The number of anilines is 2. The Bertz CT molecular complexity index is 520. The van der Waals surface area contributed by atoms with Crippen LogP contribution in [0.2, 0.25) is 0 Å². The lowest BCUT2D eigenvalue weighted by Gasteiger charge is -2.19. The molecule has 0 unspecified atom stereocenters. The van der Waals surface area contributed by atoms with Crippen LogP contribution in [-0.2, 0) is 6.54 Å². The molecule has 0 saturated carbocycles. The molecule has 1 aromatic carbocycles. The van der Waals surface area contributed by atoms with Crippen LogP contribution in [0.25, 0.3) is 0 Å². The van der Waals surface area contributed by atoms with E-state index in [9.17, 15) is 0 Å². The molecule has 0 aliphatic rings. The molecule has 1 heterocycles. The van der Waals surface area contributed by atoms with E-state index in [1.807, 2.05) is 13.1 Å². The molecule has 0 atom stereocenters. The summed E-state index contributed by atoms with van der Waals surface area (Å²) in [5.74, 6) is 0.972. The van der Waals surface area contributed by atoms with E-state index in [0.29, 0.717) is 0 Å². The normalized spacial score (nSPS) is 10.5. The molecule has 0 spiro atoms. The number of rotatable bonds is 5. The molecule has 3 heteroatoms. The highest BCUT2D eigenvalue weighted by Crippen LogP contribution is 2.21. The SMILES string of the molecule is CCNCc1cccc(N(C)c2ccc(C)cc2)n1. The number of hydrogen-bond donors (Lipinski definition) is 1. The molecule has 2 aromatic rings. The summed E-state index contributed by atoms with van der Waals surface area (Å²) < 4.78 is 0. The van der Waals surface area contributed by atoms with E-state index >= 15 is 0 Å². The first kappa shape index (κ1) is 13.6. The predicted molar refractivity (Wildman–Crippen MR) is 80.9 cm³/mol. The van der Waals surface area contributed by atoms with Crippen molar-refractivity contribution in [3.05, 3.63) is 53.7 Å². The standard InChI is InChI=1S/C16H21N3/c1-4-17-12-14-6-5-7-16(18-14)19(3)15-10-8-13(2)9-11-15/h5-11,17H,4,12H2,1-3H3. The van der Waals surface area contributed by atoms with Crippen molar-refractivity contribution in [3.63, 3.8) is 0 Å². The number of benzene rings is 1. The van der Waals surface area contributed by atoms with E-state index < -0.39 is 0 Å². The zero-order valence-corrected chi connectivity index (χ0v) is 11.9. The fourth-order valence-corrected chi connectivity index (χ4v) is 1.91. The van der Waals surface area contributed by atoms with Crippen LogP contribution in [0.3, 0.4) is 0 Å². The first-order chi connectivity index (χ1) is 9.20. The minimum absolute atomic E-state index is 0.812. The number of hydrogen-bond acceptors (Lipinski definition) is 3. The van der Waals surface area contributed by atoms with Crippen molar-refractivity contribution in [2.45, 2.75) is 20.4 Å². The monoisotopic (exact) mass is 255 g/mol. The Labute approximate surface area is 115 Å². The summed E-state index contributed by atoms with van der Waals surface area (Å²) in [6.45, 7) is 5.97. The smallest absolute Gasteiger partial charge is 0.133 e. The topological polar surface area (TPSA) is 28.2 Å². The van der Waals surface area contributed by atoms with Crippen molar-refractivity contribution < 1.29 is 0 Å². The minimum Gasteiger partial charge on any atom is -0.329 e. The Morgan fingerprint density at radius 3 is 2.53 bits per heavy atom. The van der Waals surface area contributed by atoms with Gasteiger partial charge in [-0.1, -0.05) is 30.7 Å². The van der Waals surface area contributed by atoms with E-state index in [-0.39, 0.29) is 0 Å². The number of aryl methyl sites for hydroxylation is 1. The van der Waals surface area contributed by atoms with Gasteiger partial charge < -0.3 is 10.2 Å². The summed E-state index contributed by atoms with van der Waals surface area (Å²) in [5.41, 5.74) is 3.49. The van der Waals surface area contributed by atoms with Crippen LogP contribution in [0, 0.1) is 6.92 Å². The number of pyridine rings is 1. The van der Waals surface area contributed by atoms with E-state index in [1.165, 1.54) is 5.56 Å². The van der Waals surface area contributed by atoms with Gasteiger partial charge in [0.2, 0.25) is 0 Å². The van der Waals surface area contributed by atoms with Gasteiger partial charge in [-0.25, -0.2) is 4.98 Å². The van der Waals surface area contributed by atoms with Gasteiger partial charge in [0.05, 0.1) is 5.69 Å². The lowest BCUT2D eigenvalue weighted by molar-refractivity contribution is 0.710. The Hall–Kier alpha value is -1.87. The molecule has 0 bridgehead atoms. The molecule has 3 nitrogen and oxygen atoms in total. The number of nitrogens with zero attached hydrogens (tertiary/aromatic N) is 2. The Kier molecular flexibility index (Phi) is 4.53. The van der Waals surface area contributed by atoms with Crippen molar-refractivity contribution >= 4 is 11.5 Å². The van der Waals surface area contributed by atoms with Gasteiger partial charge in [0, 0.05) is 19.3 Å². The molecule has 0 saturated heterocycles. The molecule has 0 aliphatic heterocycles. The van der Waals surface area contributed by atoms with Crippen molar-refractivity contribution in [2.75, 3.05) is 18.5 Å². The highest BCUT2D eigenvalue weighted by atomic mass is 15.2. The summed E-state index contributed by atoms with van der Waals surface area (Å²) in [7, 11) is 2.05. The average Bonchev–Trinajstić information content (AvgIpc) is 2.45. The first-order valence-corrected chi connectivity index (χ1v) is 6.67. The molecule has 0 radical (unpaired) electrons. The van der Waals surface area contributed by atoms with Crippen LogP contribution in [0.1, 0.15) is 18.2 Å². The third kappa shape index (κ3) is 3.55. The maximum Gasteiger partial charge on any atom is 0.133 e. The maximum absolute atomic E-state index is 4.67. The Morgan fingerprint density at radius 2 is 1.84 bits per heavy atom. The molecule has 1 N–H and O–H groups in total. The molecule has 1 aromatic heterocycles. The molecular formula is C16H21N3. The van der Waals surface area contributed by atoms with Crippen LogP contribution in [0.15, 0.2) is 42.5 Å². The van der Waals surface area contributed by atoms with E-state index in [0.717, 1.165) is 30.3 Å². The van der Waals surface area contributed by atoms with Crippen LogP contribution < -0.4 is 10.2 Å². The van der Waals surface area contributed by atoms with Crippen molar-refractivity contribution in [1.82, 2.24) is 10.3 Å². The molecule has 0 fully saturated rings. The lowest BCUT2D eigenvalue weighted by Crippen LogP contribution is -2.15. The summed E-state index contributed by atoms with van der Waals surface area (Å²) in [5, 5.41) is 3.30. The zero-order valence-electron chi connectivity index (χ0n) is 11.9. The van der Waals surface area contributed by atoms with Crippen LogP contribution in [0.5, 0.6) is 0 Å². The number of nitrogens with one attached hydrogen (secondary N) is 1. The van der Waals surface area contributed by atoms with Crippen LogP contribution in [-0.4, -0.2) is 18.6 Å².